The van der Waals surface area contributed by atoms with Gasteiger partial charge in [0.15, 0.2) is 10.4 Å². The van der Waals surface area contributed by atoms with Gasteiger partial charge in [0, 0.05) is 0 Å². The smallest absolute Gasteiger partial charge is 0.163 e. The van der Waals surface area contributed by atoms with E-state index < -0.39 is 30.7 Å². The lowest BCUT2D eigenvalue weighted by Crippen LogP contribution is -2.39. The molecule has 0 amide bonds. The molecule has 2 aromatic heterocycles. The summed E-state index contributed by atoms with van der Waals surface area (Å²) >= 11 is 5.13. The molecule has 0 saturated carbocycles. The first-order chi connectivity index (χ1) is 10.4. The molecule has 0 bridgehead atoms. The number of aliphatic hydroxyl groups excluding tert-OH is 2. The Morgan fingerprint density at radius 2 is 2.23 bits per heavy atom. The fourth-order valence-corrected chi connectivity index (χ4v) is 2.87. The molecule has 3 atom stereocenters. The van der Waals surface area contributed by atoms with Crippen molar-refractivity contribution in [3.63, 3.8) is 0 Å². The molecule has 0 unspecified atom stereocenters. The van der Waals surface area contributed by atoms with Gasteiger partial charge in [0.2, 0.25) is 0 Å². The summed E-state index contributed by atoms with van der Waals surface area (Å²) in [5.41, 5.74) is 1.33. The SMILES string of the molecule is CC1(C)O[C@H]([C@H](O)CO)[C@H](Cn2cnc3c(=S)nc[nH]c32)O1. The van der Waals surface area contributed by atoms with Gasteiger partial charge in [-0.3, -0.25) is 0 Å². The maximum Gasteiger partial charge on any atom is 0.163 e. The normalized spacial score (nSPS) is 25.6. The van der Waals surface area contributed by atoms with E-state index in [4.69, 9.17) is 21.7 Å². The van der Waals surface area contributed by atoms with Gasteiger partial charge in [-0.1, -0.05) is 12.2 Å². The summed E-state index contributed by atoms with van der Waals surface area (Å²) in [6, 6.07) is 0. The molecular weight excluding hydrogens is 308 g/mol. The maximum atomic E-state index is 9.93. The van der Waals surface area contributed by atoms with Crippen molar-refractivity contribution < 1.29 is 19.7 Å². The fraction of sp³-hybridized carbons (Fsp3) is 0.615. The van der Waals surface area contributed by atoms with Crippen molar-refractivity contribution in [3.8, 4) is 0 Å². The number of aliphatic hydroxyl groups is 2. The largest absolute Gasteiger partial charge is 0.394 e. The number of H-pyrrole nitrogens is 1. The summed E-state index contributed by atoms with van der Waals surface area (Å²) < 4.78 is 13.8. The van der Waals surface area contributed by atoms with Gasteiger partial charge in [0.25, 0.3) is 0 Å². The highest BCUT2D eigenvalue weighted by Crippen LogP contribution is 2.31. The van der Waals surface area contributed by atoms with Gasteiger partial charge in [0.05, 0.1) is 25.8 Å². The molecule has 120 valence electrons. The quantitative estimate of drug-likeness (QED) is 0.697. The number of hydrogen-bond acceptors (Lipinski definition) is 7. The van der Waals surface area contributed by atoms with Gasteiger partial charge in [-0.05, 0) is 13.8 Å². The van der Waals surface area contributed by atoms with Crippen LogP contribution in [0, 0.1) is 4.64 Å². The molecule has 1 aliphatic heterocycles. The molecule has 0 aromatic carbocycles. The van der Waals surface area contributed by atoms with Crippen LogP contribution < -0.4 is 0 Å². The summed E-state index contributed by atoms with van der Waals surface area (Å²) in [6.45, 7) is 3.55. The van der Waals surface area contributed by atoms with Crippen LogP contribution in [-0.2, 0) is 16.0 Å². The Morgan fingerprint density at radius 3 is 2.95 bits per heavy atom. The lowest BCUT2D eigenvalue weighted by atomic mass is 10.1. The first-order valence-corrected chi connectivity index (χ1v) is 7.35. The second-order valence-corrected chi connectivity index (χ2v) is 6.08. The third-order valence-electron chi connectivity index (χ3n) is 3.59. The van der Waals surface area contributed by atoms with E-state index in [0.29, 0.717) is 16.7 Å². The number of nitrogens with zero attached hydrogens (tertiary/aromatic N) is 3. The number of fused-ring (bicyclic) bond motifs is 1. The number of ether oxygens (including phenoxy) is 2. The Hall–Kier alpha value is -1.39. The highest BCUT2D eigenvalue weighted by molar-refractivity contribution is 7.71. The zero-order valence-electron chi connectivity index (χ0n) is 12.3. The minimum Gasteiger partial charge on any atom is -0.394 e. The van der Waals surface area contributed by atoms with E-state index in [0.717, 1.165) is 5.65 Å². The Kier molecular flexibility index (Phi) is 4.00. The first kappa shape index (κ1) is 15.5. The van der Waals surface area contributed by atoms with E-state index in [-0.39, 0.29) is 0 Å². The third kappa shape index (κ3) is 2.77. The molecule has 9 heteroatoms. The second kappa shape index (κ2) is 5.67. The van der Waals surface area contributed by atoms with E-state index in [1.165, 1.54) is 6.33 Å². The van der Waals surface area contributed by atoms with E-state index in [9.17, 15) is 10.2 Å². The Morgan fingerprint density at radius 1 is 1.45 bits per heavy atom. The van der Waals surface area contributed by atoms with Crippen molar-refractivity contribution in [1.82, 2.24) is 19.5 Å². The molecule has 3 N–H and O–H groups in total. The van der Waals surface area contributed by atoms with Crippen LogP contribution in [-0.4, -0.2) is 60.4 Å². The number of aromatic amines is 1. The zero-order chi connectivity index (χ0) is 15.9. The van der Waals surface area contributed by atoms with Crippen LogP contribution in [0.3, 0.4) is 0 Å². The Bertz CT molecular complexity index is 728. The standard InChI is InChI=1S/C13H18N4O4S/c1-13(2)20-8(10(21-13)7(19)4-18)3-17-6-16-9-11(17)14-5-15-12(9)22/h5-8,10,18-19H,3-4H2,1-2H3,(H,14,15,22)/t7-,8+,10-/m1/s1. The minimum atomic E-state index is -1.01. The Balaban J connectivity index is 1.90. The number of imidazole rings is 1. The molecule has 0 spiro atoms. The number of rotatable bonds is 4. The van der Waals surface area contributed by atoms with Crippen molar-refractivity contribution in [2.45, 2.75) is 44.5 Å². The van der Waals surface area contributed by atoms with E-state index >= 15 is 0 Å². The summed E-state index contributed by atoms with van der Waals surface area (Å²) in [6.07, 6.45) is 1.09. The maximum absolute atomic E-state index is 9.93. The number of nitrogens with one attached hydrogen (secondary N) is 1. The van der Waals surface area contributed by atoms with Crippen LogP contribution in [0.4, 0.5) is 0 Å². The second-order valence-electron chi connectivity index (χ2n) is 5.69. The van der Waals surface area contributed by atoms with Gasteiger partial charge < -0.3 is 29.2 Å². The highest BCUT2D eigenvalue weighted by Gasteiger charge is 2.44. The first-order valence-electron chi connectivity index (χ1n) is 6.94. The predicted octanol–water partition coefficient (Wildman–Crippen LogP) is 0.362. The molecule has 0 radical (unpaired) electrons. The molecule has 3 heterocycles. The molecular formula is C13H18N4O4S. The molecule has 2 aromatic rings. The van der Waals surface area contributed by atoms with Crippen molar-refractivity contribution in [2.75, 3.05) is 6.61 Å². The van der Waals surface area contributed by atoms with Gasteiger partial charge >= 0.3 is 0 Å². The van der Waals surface area contributed by atoms with Gasteiger partial charge in [-0.25, -0.2) is 9.97 Å². The highest BCUT2D eigenvalue weighted by atomic mass is 32.1. The molecule has 22 heavy (non-hydrogen) atoms. The molecule has 1 saturated heterocycles. The van der Waals surface area contributed by atoms with Gasteiger partial charge in [-0.15, -0.1) is 0 Å². The minimum absolute atomic E-state index is 0.391. The average Bonchev–Trinajstić information content (AvgIpc) is 3.01. The lowest BCUT2D eigenvalue weighted by Gasteiger charge is -2.21. The number of aromatic nitrogens is 4. The van der Waals surface area contributed by atoms with Crippen LogP contribution in [0.25, 0.3) is 11.2 Å². The van der Waals surface area contributed by atoms with Crippen LogP contribution in [0.2, 0.25) is 0 Å². The van der Waals surface area contributed by atoms with Crippen LogP contribution in [0.5, 0.6) is 0 Å². The molecule has 3 rings (SSSR count). The molecule has 1 fully saturated rings. The predicted molar refractivity (Wildman–Crippen MR) is 79.6 cm³/mol. The van der Waals surface area contributed by atoms with Crippen molar-refractivity contribution in [2.24, 2.45) is 0 Å². The summed E-state index contributed by atoms with van der Waals surface area (Å²) in [4.78, 5) is 11.2. The van der Waals surface area contributed by atoms with Crippen LogP contribution >= 0.6 is 12.2 Å². The molecule has 8 nitrogen and oxygen atoms in total. The summed E-state index contributed by atoms with van der Waals surface area (Å²) in [7, 11) is 0. The summed E-state index contributed by atoms with van der Waals surface area (Å²) in [5.74, 6) is -0.823. The van der Waals surface area contributed by atoms with E-state index in [2.05, 4.69) is 15.0 Å². The van der Waals surface area contributed by atoms with Gasteiger partial charge in [0.1, 0.15) is 29.5 Å². The number of hydrogen-bond donors (Lipinski definition) is 3. The monoisotopic (exact) mass is 326 g/mol. The lowest BCUT2D eigenvalue weighted by molar-refractivity contribution is -0.157. The van der Waals surface area contributed by atoms with Crippen molar-refractivity contribution in [3.05, 3.63) is 17.3 Å². The summed E-state index contributed by atoms with van der Waals surface area (Å²) in [5, 5.41) is 19.1. The van der Waals surface area contributed by atoms with Crippen LogP contribution in [0.1, 0.15) is 13.8 Å². The van der Waals surface area contributed by atoms with E-state index in [1.54, 1.807) is 20.2 Å². The molecule has 0 aliphatic carbocycles. The van der Waals surface area contributed by atoms with Gasteiger partial charge in [-0.2, -0.15) is 0 Å². The van der Waals surface area contributed by atoms with Crippen LogP contribution in [0.15, 0.2) is 12.7 Å². The average molecular weight is 326 g/mol. The fourth-order valence-electron chi connectivity index (χ4n) is 2.67. The van der Waals surface area contributed by atoms with E-state index in [1.807, 2.05) is 4.57 Å². The van der Waals surface area contributed by atoms with Crippen molar-refractivity contribution >= 4 is 23.4 Å². The zero-order valence-corrected chi connectivity index (χ0v) is 13.1. The Labute approximate surface area is 131 Å². The topological polar surface area (TPSA) is 105 Å². The van der Waals surface area contributed by atoms with Crippen molar-refractivity contribution in [1.29, 1.82) is 0 Å². The third-order valence-corrected chi connectivity index (χ3v) is 3.89. The molecule has 1 aliphatic rings.